The van der Waals surface area contributed by atoms with Crippen LogP contribution in [0.15, 0.2) is 5.16 Å². The zero-order valence-electron chi connectivity index (χ0n) is 21.3. The van der Waals surface area contributed by atoms with E-state index >= 15 is 0 Å². The molecule has 34 heavy (non-hydrogen) atoms. The number of aliphatic hydroxyl groups excluding tert-OH is 1. The number of anilines is 1. The van der Waals surface area contributed by atoms with Gasteiger partial charge in [-0.05, 0) is 48.0 Å². The van der Waals surface area contributed by atoms with Crippen LogP contribution in [0.3, 0.4) is 0 Å². The first-order chi connectivity index (χ1) is 16.2. The Hall–Kier alpha value is -1.53. The highest BCUT2D eigenvalue weighted by atomic mass is 32.2. The van der Waals surface area contributed by atoms with Crippen molar-refractivity contribution in [2.24, 2.45) is 0 Å². The van der Waals surface area contributed by atoms with Gasteiger partial charge in [-0.2, -0.15) is 0 Å². The lowest BCUT2D eigenvalue weighted by molar-refractivity contribution is -0.171. The third kappa shape index (κ3) is 4.90. The van der Waals surface area contributed by atoms with E-state index in [1.54, 1.807) is 11.8 Å². The second-order valence-corrected chi connectivity index (χ2v) is 11.0. The van der Waals surface area contributed by atoms with Gasteiger partial charge in [0.2, 0.25) is 0 Å². The molecule has 1 N–H and O–H groups in total. The Morgan fingerprint density at radius 2 is 1.88 bits per heavy atom. The normalized spacial score (nSPS) is 26.2. The summed E-state index contributed by atoms with van der Waals surface area (Å²) in [5.41, 5.74) is 1.40. The lowest BCUT2D eigenvalue weighted by Gasteiger charge is -2.32. The summed E-state index contributed by atoms with van der Waals surface area (Å²) < 4.78 is 20.3. The van der Waals surface area contributed by atoms with E-state index in [1.807, 2.05) is 18.5 Å². The van der Waals surface area contributed by atoms with Gasteiger partial charge in [0.05, 0.1) is 25.4 Å². The molecule has 0 radical (unpaired) electrons. The van der Waals surface area contributed by atoms with Crippen LogP contribution in [-0.2, 0) is 14.2 Å². The van der Waals surface area contributed by atoms with Gasteiger partial charge in [0.1, 0.15) is 12.2 Å². The fraction of sp³-hybridized carbons (Fsp3) is 0.826. The third-order valence-corrected chi connectivity index (χ3v) is 7.25. The highest BCUT2D eigenvalue weighted by Crippen LogP contribution is 2.45. The van der Waals surface area contributed by atoms with Crippen LogP contribution in [0, 0.1) is 0 Å². The van der Waals surface area contributed by atoms with Gasteiger partial charge in [-0.3, -0.25) is 0 Å². The van der Waals surface area contributed by atoms with Crippen molar-refractivity contribution < 1.29 is 19.3 Å². The van der Waals surface area contributed by atoms with Crippen molar-refractivity contribution in [2.75, 3.05) is 23.9 Å². The molecular weight excluding hydrogens is 456 g/mol. The summed E-state index contributed by atoms with van der Waals surface area (Å²) in [6, 6.07) is 0.331. The predicted octanol–water partition coefficient (Wildman–Crippen LogP) is 3.19. The van der Waals surface area contributed by atoms with Gasteiger partial charge in [0.15, 0.2) is 27.9 Å². The van der Waals surface area contributed by atoms with Crippen LogP contribution >= 0.6 is 11.8 Å². The molecule has 4 rings (SSSR count). The highest BCUT2D eigenvalue weighted by molar-refractivity contribution is 7.99. The number of ether oxygens (including phenoxy) is 3. The first kappa shape index (κ1) is 25.6. The van der Waals surface area contributed by atoms with Crippen LogP contribution in [0.25, 0.3) is 11.2 Å². The van der Waals surface area contributed by atoms with E-state index in [9.17, 15) is 5.11 Å². The first-order valence-corrected chi connectivity index (χ1v) is 13.3. The molecule has 1 saturated carbocycles. The fourth-order valence-corrected chi connectivity index (χ4v) is 5.75. The maximum atomic E-state index is 9.29. The number of nitrogens with zero attached hydrogens (tertiary/aromatic N) is 6. The number of hydrogen-bond donors (Lipinski definition) is 1. The average molecular weight is 495 g/mol. The Labute approximate surface area is 205 Å². The van der Waals surface area contributed by atoms with E-state index in [2.05, 4.69) is 49.8 Å². The number of hydrogen-bond acceptors (Lipinski definition) is 10. The maximum absolute atomic E-state index is 9.29. The first-order valence-electron chi connectivity index (χ1n) is 12.3. The second-order valence-electron chi connectivity index (χ2n) is 9.98. The summed E-state index contributed by atoms with van der Waals surface area (Å²) in [6.45, 7) is 14.8. The molecule has 10 nitrogen and oxygen atoms in total. The summed E-state index contributed by atoms with van der Waals surface area (Å²) in [4.78, 5) is 12.1. The monoisotopic (exact) mass is 494 g/mol. The third-order valence-electron chi connectivity index (χ3n) is 6.20. The molecule has 3 heterocycles. The molecule has 2 aromatic rings. The lowest BCUT2D eigenvalue weighted by atomic mass is 10.2. The zero-order chi connectivity index (χ0) is 24.6. The summed E-state index contributed by atoms with van der Waals surface area (Å²) in [5.74, 6) is 1.03. The molecule has 0 bridgehead atoms. The number of aromatic nitrogens is 5. The second kappa shape index (κ2) is 10.2. The van der Waals surface area contributed by atoms with Crippen LogP contribution in [0.2, 0.25) is 0 Å². The van der Waals surface area contributed by atoms with E-state index in [4.69, 9.17) is 24.2 Å². The molecule has 4 atom stereocenters. The minimum atomic E-state index is -0.723. The van der Waals surface area contributed by atoms with Crippen molar-refractivity contribution in [2.45, 2.75) is 109 Å². The number of thioether (sulfide) groups is 1. The average Bonchev–Trinajstić information content (AvgIpc) is 3.41. The quantitative estimate of drug-likeness (QED) is 0.391. The molecule has 0 aromatic carbocycles. The van der Waals surface area contributed by atoms with Gasteiger partial charge in [-0.15, -0.1) is 5.10 Å². The van der Waals surface area contributed by atoms with Crippen molar-refractivity contribution >= 4 is 28.7 Å². The summed E-state index contributed by atoms with van der Waals surface area (Å²) in [5, 5.41) is 19.2. The van der Waals surface area contributed by atoms with E-state index in [1.165, 1.54) is 0 Å². The van der Waals surface area contributed by atoms with Crippen molar-refractivity contribution in [3.8, 4) is 0 Å². The maximum Gasteiger partial charge on any atom is 0.191 e. The van der Waals surface area contributed by atoms with Crippen molar-refractivity contribution in [3.63, 3.8) is 0 Å². The summed E-state index contributed by atoms with van der Waals surface area (Å²) in [7, 11) is 0. The standard InChI is InChI=1S/C23H38N6O4S/c1-8-11-34-22-24-20(28(13(2)3)14(4)5)17-21(25-22)29(27-26-17)15-12-16(31-10-9-30)19-18(15)32-23(6,7)33-19/h13-16,18-19,30H,8-12H2,1-7H3/t15-,16+,18+,19-/m1/s1. The van der Waals surface area contributed by atoms with Crippen molar-refractivity contribution in [1.82, 2.24) is 25.0 Å². The van der Waals surface area contributed by atoms with Gasteiger partial charge in [-0.1, -0.05) is 23.9 Å². The van der Waals surface area contributed by atoms with E-state index in [-0.39, 0.29) is 49.7 Å². The lowest BCUT2D eigenvalue weighted by Crippen LogP contribution is -2.38. The van der Waals surface area contributed by atoms with Crippen molar-refractivity contribution in [3.05, 3.63) is 0 Å². The minimum Gasteiger partial charge on any atom is -0.394 e. The fourth-order valence-electron chi connectivity index (χ4n) is 5.06. The van der Waals surface area contributed by atoms with Crippen LogP contribution in [0.5, 0.6) is 0 Å². The highest BCUT2D eigenvalue weighted by Gasteiger charge is 2.56. The number of fused-ring (bicyclic) bond motifs is 2. The Morgan fingerprint density at radius 1 is 1.18 bits per heavy atom. The Morgan fingerprint density at radius 3 is 2.53 bits per heavy atom. The molecule has 0 spiro atoms. The summed E-state index contributed by atoms with van der Waals surface area (Å²) in [6.07, 6.45) is 0.969. The topological polar surface area (TPSA) is 108 Å². The summed E-state index contributed by atoms with van der Waals surface area (Å²) >= 11 is 1.65. The zero-order valence-corrected chi connectivity index (χ0v) is 22.1. The van der Waals surface area contributed by atoms with Gasteiger partial charge >= 0.3 is 0 Å². The molecule has 2 fully saturated rings. The molecule has 1 aliphatic heterocycles. The van der Waals surface area contributed by atoms with Crippen LogP contribution in [-0.4, -0.2) is 85.2 Å². The SMILES string of the molecule is CCCSc1nc(N(C(C)C)C(C)C)c2nnn([C@@H]3C[C@H](OCCO)[C@H]4OC(C)(C)O[C@H]43)c2n1. The Balaban J connectivity index is 1.79. The molecular formula is C23H38N6O4S. The van der Waals surface area contributed by atoms with Gasteiger partial charge in [-0.25, -0.2) is 14.6 Å². The Bertz CT molecular complexity index is 976. The van der Waals surface area contributed by atoms with Crippen LogP contribution in [0.4, 0.5) is 5.82 Å². The number of rotatable bonds is 10. The van der Waals surface area contributed by atoms with E-state index < -0.39 is 5.79 Å². The van der Waals surface area contributed by atoms with Gasteiger partial charge < -0.3 is 24.2 Å². The molecule has 0 amide bonds. The molecule has 2 aliphatic rings. The van der Waals surface area contributed by atoms with Crippen LogP contribution in [0.1, 0.15) is 67.3 Å². The van der Waals surface area contributed by atoms with E-state index in [0.717, 1.165) is 23.1 Å². The number of aliphatic hydroxyl groups is 1. The minimum absolute atomic E-state index is 0.0378. The smallest absolute Gasteiger partial charge is 0.191 e. The largest absolute Gasteiger partial charge is 0.394 e. The molecule has 11 heteroatoms. The molecule has 2 aromatic heterocycles. The van der Waals surface area contributed by atoms with Crippen LogP contribution < -0.4 is 4.90 Å². The Kier molecular flexibility index (Phi) is 7.68. The molecule has 1 aliphatic carbocycles. The van der Waals surface area contributed by atoms with Gasteiger partial charge in [0.25, 0.3) is 0 Å². The molecule has 1 saturated heterocycles. The van der Waals surface area contributed by atoms with E-state index in [0.29, 0.717) is 17.6 Å². The molecule has 190 valence electrons. The van der Waals surface area contributed by atoms with Crippen molar-refractivity contribution in [1.29, 1.82) is 0 Å². The predicted molar refractivity (Wildman–Crippen MR) is 131 cm³/mol. The molecule has 0 unspecified atom stereocenters. The van der Waals surface area contributed by atoms with Gasteiger partial charge in [0, 0.05) is 24.3 Å².